The van der Waals surface area contributed by atoms with Gasteiger partial charge in [0.05, 0.1) is 6.10 Å². The number of hydrogen-bond acceptors (Lipinski definition) is 3. The van der Waals surface area contributed by atoms with Crippen LogP contribution in [0.15, 0.2) is 0 Å². The Hall–Kier alpha value is -0.340. The summed E-state index contributed by atoms with van der Waals surface area (Å²) in [6.45, 7) is 6.17. The zero-order valence-electron chi connectivity index (χ0n) is 11.7. The third kappa shape index (κ3) is 15.6. The van der Waals surface area contributed by atoms with Gasteiger partial charge < -0.3 is 4.74 Å². The Morgan fingerprint density at radius 2 is 1.63 bits per heavy atom. The molecule has 0 rings (SSSR count). The van der Waals surface area contributed by atoms with E-state index in [1.807, 2.05) is 13.8 Å². The number of halogens is 3. The highest BCUT2D eigenvalue weighted by Gasteiger charge is 2.31. The van der Waals surface area contributed by atoms with Crippen molar-refractivity contribution in [3.8, 4) is 0 Å². The smallest absolute Gasteiger partial charge is 0.360 e. The molecule has 0 fully saturated rings. The first-order valence-corrected chi connectivity index (χ1v) is 7.68. The van der Waals surface area contributed by atoms with Crippen LogP contribution in [0.1, 0.15) is 47.0 Å². The van der Waals surface area contributed by atoms with Gasteiger partial charge in [-0.25, -0.2) is 0 Å². The van der Waals surface area contributed by atoms with Crippen LogP contribution in [-0.4, -0.2) is 31.2 Å². The first-order valence-electron chi connectivity index (χ1n) is 6.07. The van der Waals surface area contributed by atoms with Crippen molar-refractivity contribution in [1.29, 1.82) is 0 Å². The molecule has 0 aromatic rings. The van der Waals surface area contributed by atoms with Gasteiger partial charge in [-0.15, -0.1) is 0 Å². The molecule has 0 heterocycles. The highest BCUT2D eigenvalue weighted by atomic mass is 32.2. The van der Waals surface area contributed by atoms with E-state index in [-0.39, 0.29) is 6.10 Å². The van der Waals surface area contributed by atoms with E-state index in [1.54, 1.807) is 0 Å². The van der Waals surface area contributed by atoms with Crippen molar-refractivity contribution < 1.29 is 30.9 Å². The molecule has 118 valence electrons. The normalized spacial score (nSPS) is 13.9. The van der Waals surface area contributed by atoms with E-state index < -0.39 is 28.2 Å². The van der Waals surface area contributed by atoms with E-state index in [1.165, 1.54) is 0 Å². The van der Waals surface area contributed by atoms with Gasteiger partial charge in [0.25, 0.3) is 10.1 Å². The average molecular weight is 308 g/mol. The number of ether oxygens (including phenoxy) is 1. The third-order valence-electron chi connectivity index (χ3n) is 2.17. The topological polar surface area (TPSA) is 63.6 Å². The molecule has 8 heteroatoms. The van der Waals surface area contributed by atoms with E-state index in [0.29, 0.717) is 0 Å². The van der Waals surface area contributed by atoms with Crippen LogP contribution in [0.4, 0.5) is 13.2 Å². The first kappa shape index (κ1) is 21.0. The van der Waals surface area contributed by atoms with Gasteiger partial charge in [0.2, 0.25) is 0 Å². The van der Waals surface area contributed by atoms with Crippen LogP contribution >= 0.6 is 0 Å². The van der Waals surface area contributed by atoms with E-state index in [0.717, 1.165) is 33.1 Å². The average Bonchev–Trinajstić information content (AvgIpc) is 2.22. The molecule has 0 bridgehead atoms. The minimum Gasteiger partial charge on any atom is -0.360 e. The molecule has 0 aromatic heterocycles. The Morgan fingerprint density at radius 3 is 1.84 bits per heavy atom. The molecule has 0 aliphatic carbocycles. The van der Waals surface area contributed by atoms with Crippen LogP contribution < -0.4 is 0 Å². The molecular weight excluding hydrogens is 285 g/mol. The van der Waals surface area contributed by atoms with Crippen molar-refractivity contribution in [1.82, 2.24) is 0 Å². The predicted molar refractivity (Wildman–Crippen MR) is 67.4 cm³/mol. The highest BCUT2D eigenvalue weighted by Crippen LogP contribution is 2.24. The minimum atomic E-state index is -4.00. The van der Waals surface area contributed by atoms with Gasteiger partial charge in [-0.1, -0.05) is 34.1 Å². The SMILES string of the molecule is CC(C)C(F)(F)F.CCCC(CC)OCS(=O)(=O)O. The molecule has 0 aliphatic heterocycles. The third-order valence-corrected chi connectivity index (χ3v) is 2.61. The molecule has 0 saturated heterocycles. The second-order valence-electron chi connectivity index (χ2n) is 4.38. The Labute approximate surface area is 113 Å². The van der Waals surface area contributed by atoms with Crippen molar-refractivity contribution in [2.75, 3.05) is 5.94 Å². The van der Waals surface area contributed by atoms with E-state index in [4.69, 9.17) is 9.29 Å². The van der Waals surface area contributed by atoms with Gasteiger partial charge >= 0.3 is 6.18 Å². The Balaban J connectivity index is 0. The first-order chi connectivity index (χ1) is 8.44. The fraction of sp³-hybridized carbons (Fsp3) is 1.00. The largest absolute Gasteiger partial charge is 0.391 e. The van der Waals surface area contributed by atoms with E-state index in [2.05, 4.69) is 0 Å². The van der Waals surface area contributed by atoms with E-state index >= 15 is 0 Å². The lowest BCUT2D eigenvalue weighted by Gasteiger charge is -2.13. The molecule has 1 N–H and O–H groups in total. The maximum Gasteiger partial charge on any atom is 0.391 e. The van der Waals surface area contributed by atoms with E-state index in [9.17, 15) is 21.6 Å². The molecule has 0 amide bonds. The lowest BCUT2D eigenvalue weighted by molar-refractivity contribution is -0.164. The summed E-state index contributed by atoms with van der Waals surface area (Å²) in [5, 5.41) is 0. The maximum absolute atomic E-state index is 11.2. The second kappa shape index (κ2) is 9.55. The second-order valence-corrected chi connectivity index (χ2v) is 5.78. The number of alkyl halides is 3. The van der Waals surface area contributed by atoms with Crippen molar-refractivity contribution >= 4 is 10.1 Å². The van der Waals surface area contributed by atoms with Gasteiger partial charge in [0.1, 0.15) is 0 Å². The summed E-state index contributed by atoms with van der Waals surface area (Å²) in [5.74, 6) is -1.79. The molecule has 0 saturated carbocycles. The molecule has 19 heavy (non-hydrogen) atoms. The molecule has 0 aromatic carbocycles. The van der Waals surface area contributed by atoms with Crippen LogP contribution in [-0.2, 0) is 14.9 Å². The molecule has 1 atom stereocenters. The van der Waals surface area contributed by atoms with Crippen LogP contribution in [0.5, 0.6) is 0 Å². The van der Waals surface area contributed by atoms with Crippen LogP contribution in [0.2, 0.25) is 0 Å². The monoisotopic (exact) mass is 308 g/mol. The van der Waals surface area contributed by atoms with Crippen molar-refractivity contribution in [3.05, 3.63) is 0 Å². The summed E-state index contributed by atoms with van der Waals surface area (Å²) in [5.41, 5.74) is 0. The zero-order chi connectivity index (χ0) is 15.7. The summed E-state index contributed by atoms with van der Waals surface area (Å²) in [7, 11) is -3.97. The standard InChI is InChI=1S/C7H16O4S.C4H7F3/c1-3-5-7(4-2)11-6-12(8,9)10;1-3(2)4(5,6)7/h7H,3-6H2,1-2H3,(H,8,9,10);3H,1-2H3. The number of rotatable bonds is 6. The van der Waals surface area contributed by atoms with Gasteiger partial charge in [-0.2, -0.15) is 21.6 Å². The Bertz CT molecular complexity index is 312. The fourth-order valence-corrected chi connectivity index (χ4v) is 1.27. The van der Waals surface area contributed by atoms with Crippen molar-refractivity contribution in [3.63, 3.8) is 0 Å². The van der Waals surface area contributed by atoms with Crippen molar-refractivity contribution in [2.24, 2.45) is 5.92 Å². The highest BCUT2D eigenvalue weighted by molar-refractivity contribution is 7.85. The molecular formula is C11H23F3O4S. The zero-order valence-corrected chi connectivity index (χ0v) is 12.5. The summed E-state index contributed by atoms with van der Waals surface area (Å²) in [6.07, 6.45) is -1.52. The quantitative estimate of drug-likeness (QED) is 0.761. The lowest BCUT2D eigenvalue weighted by atomic mass is 10.2. The minimum absolute atomic E-state index is 0.0584. The molecule has 0 spiro atoms. The van der Waals surface area contributed by atoms with Gasteiger partial charge in [0.15, 0.2) is 5.94 Å². The summed E-state index contributed by atoms with van der Waals surface area (Å²) < 4.78 is 67.4. The summed E-state index contributed by atoms with van der Waals surface area (Å²) in [6, 6.07) is 0. The molecule has 0 radical (unpaired) electrons. The van der Waals surface area contributed by atoms with Gasteiger partial charge in [-0.3, -0.25) is 4.55 Å². The fourth-order valence-electron chi connectivity index (χ4n) is 0.909. The Kier molecular flexibility index (Phi) is 10.5. The molecule has 4 nitrogen and oxygen atoms in total. The molecule has 0 aliphatic rings. The van der Waals surface area contributed by atoms with Crippen LogP contribution in [0.3, 0.4) is 0 Å². The predicted octanol–water partition coefficient (Wildman–Crippen LogP) is 3.63. The molecule has 1 unspecified atom stereocenters. The maximum atomic E-state index is 11.2. The summed E-state index contributed by atoms with van der Waals surface area (Å²) >= 11 is 0. The van der Waals surface area contributed by atoms with Crippen molar-refractivity contribution in [2.45, 2.75) is 59.2 Å². The van der Waals surface area contributed by atoms with Crippen LogP contribution in [0, 0.1) is 5.92 Å². The lowest BCUT2D eigenvalue weighted by Crippen LogP contribution is -2.17. The van der Waals surface area contributed by atoms with Gasteiger partial charge in [-0.05, 0) is 12.8 Å². The summed E-state index contributed by atoms with van der Waals surface area (Å²) in [4.78, 5) is 0. The van der Waals surface area contributed by atoms with Crippen LogP contribution in [0.25, 0.3) is 0 Å². The van der Waals surface area contributed by atoms with Gasteiger partial charge in [0, 0.05) is 5.92 Å². The Morgan fingerprint density at radius 1 is 1.21 bits per heavy atom. The number of hydrogen-bond donors (Lipinski definition) is 1.